The molecule has 7 aromatic rings. The molecule has 57 heavy (non-hydrogen) atoms. The van der Waals surface area contributed by atoms with Gasteiger partial charge in [-0.3, -0.25) is 29.1 Å². The molecule has 18 nitrogen and oxygen atoms in total. The van der Waals surface area contributed by atoms with Crippen molar-refractivity contribution in [1.29, 1.82) is 0 Å². The first-order valence-electron chi connectivity index (χ1n) is 18.6. The Bertz CT molecular complexity index is 2700. The normalized spacial score (nSPS) is 11.7. The summed E-state index contributed by atoms with van der Waals surface area (Å²) >= 11 is 0. The summed E-state index contributed by atoms with van der Waals surface area (Å²) in [4.78, 5) is 57.3. The molecule has 1 aromatic carbocycles. The van der Waals surface area contributed by atoms with Gasteiger partial charge in [-0.25, -0.2) is 19.9 Å². The minimum absolute atomic E-state index is 0.223. The van der Waals surface area contributed by atoms with E-state index in [4.69, 9.17) is 26.2 Å². The third-order valence-electron chi connectivity index (χ3n) is 9.47. The SMILES string of the molecule is CCn1nc(C)cc1C(=O)Nc1nc2cc(C(N)=O)cc(OCCCNC)c2n1C/C=C/Cn1c2ncc(C(N)=O)cc2c2cnc(-c3cc(C)nn3CC)nc21. The Labute approximate surface area is 326 Å². The van der Waals surface area contributed by atoms with Crippen LogP contribution in [0.25, 0.3) is 44.6 Å². The van der Waals surface area contributed by atoms with Crippen molar-refractivity contribution in [2.24, 2.45) is 11.5 Å². The highest BCUT2D eigenvalue weighted by Gasteiger charge is 2.22. The van der Waals surface area contributed by atoms with Crippen molar-refractivity contribution >= 4 is 56.8 Å². The van der Waals surface area contributed by atoms with E-state index in [1.165, 1.54) is 6.20 Å². The Morgan fingerprint density at radius 1 is 0.807 bits per heavy atom. The van der Waals surface area contributed by atoms with Gasteiger partial charge in [0.05, 0.1) is 29.1 Å². The Balaban J connectivity index is 1.30. The fourth-order valence-electron chi connectivity index (χ4n) is 6.82. The molecule has 6 N–H and O–H groups in total. The van der Waals surface area contributed by atoms with Crippen molar-refractivity contribution in [3.05, 3.63) is 83.1 Å². The second kappa shape index (κ2) is 16.0. The standard InChI is InChI=1S/C39H44N14O4/c1-6-52-29(15-22(3)48-52)35-43-21-27-26-17-25(34(41)55)20-44-36(26)51(37(27)46-35)13-9-8-12-50-32-28(18-24(33(40)54)19-31(32)57-14-10-11-42-5)45-39(50)47-38(56)30-16-23(4)49-53(30)7-2/h8-9,15-21,42H,6-7,10-14H2,1-5H3,(H2,40,54)(H2,41,55)(H,45,47,56)/b9-8+. The summed E-state index contributed by atoms with van der Waals surface area (Å²) in [5, 5.41) is 16.4. The van der Waals surface area contributed by atoms with Gasteiger partial charge < -0.3 is 30.7 Å². The Kier molecular flexibility index (Phi) is 10.8. The van der Waals surface area contributed by atoms with Crippen LogP contribution in [0, 0.1) is 13.8 Å². The third kappa shape index (κ3) is 7.53. The topological polar surface area (TPSA) is 234 Å². The summed E-state index contributed by atoms with van der Waals surface area (Å²) < 4.78 is 13.5. The fraction of sp³-hybridized carbons (Fsp3) is 0.308. The highest BCUT2D eigenvalue weighted by molar-refractivity contribution is 6.08. The maximum atomic E-state index is 13.7. The van der Waals surface area contributed by atoms with Crippen molar-refractivity contribution < 1.29 is 19.1 Å². The first-order chi connectivity index (χ1) is 27.5. The van der Waals surface area contributed by atoms with E-state index in [-0.39, 0.29) is 23.6 Å². The van der Waals surface area contributed by atoms with Gasteiger partial charge in [-0.2, -0.15) is 10.2 Å². The van der Waals surface area contributed by atoms with Crippen LogP contribution in [0.1, 0.15) is 62.9 Å². The molecule has 0 spiro atoms. The van der Waals surface area contributed by atoms with Gasteiger partial charge in [0.2, 0.25) is 17.8 Å². The lowest BCUT2D eigenvalue weighted by Gasteiger charge is -2.13. The Morgan fingerprint density at radius 3 is 2.25 bits per heavy atom. The molecule has 0 saturated heterocycles. The molecular weight excluding hydrogens is 729 g/mol. The van der Waals surface area contributed by atoms with E-state index in [9.17, 15) is 14.4 Å². The molecule has 6 heterocycles. The molecular formula is C39H44N14O4. The Hall–Kier alpha value is -6.95. The molecule has 6 aromatic heterocycles. The number of carbonyl (C=O) groups is 3. The molecule has 0 atom stereocenters. The zero-order valence-electron chi connectivity index (χ0n) is 32.4. The number of hydrogen-bond acceptors (Lipinski definition) is 11. The van der Waals surface area contributed by atoms with Gasteiger partial charge in [0, 0.05) is 54.9 Å². The van der Waals surface area contributed by atoms with Crippen molar-refractivity contribution in [1.82, 2.24) is 53.9 Å². The monoisotopic (exact) mass is 772 g/mol. The number of anilines is 1. The van der Waals surface area contributed by atoms with Gasteiger partial charge in [-0.05, 0) is 78.0 Å². The molecule has 0 radical (unpaired) electrons. The van der Waals surface area contributed by atoms with Crippen LogP contribution < -0.4 is 26.8 Å². The number of nitrogens with zero attached hydrogens (tertiary/aromatic N) is 10. The molecule has 0 aliphatic heterocycles. The maximum absolute atomic E-state index is 13.7. The van der Waals surface area contributed by atoms with E-state index in [0.717, 1.165) is 17.9 Å². The van der Waals surface area contributed by atoms with Gasteiger partial charge >= 0.3 is 0 Å². The van der Waals surface area contributed by atoms with E-state index in [0.29, 0.717) is 88.7 Å². The molecule has 7 rings (SSSR count). The molecule has 0 bridgehead atoms. The predicted molar refractivity (Wildman–Crippen MR) is 215 cm³/mol. The lowest BCUT2D eigenvalue weighted by molar-refractivity contribution is 0.0991. The number of allylic oxidation sites excluding steroid dienone is 2. The highest BCUT2D eigenvalue weighted by Crippen LogP contribution is 2.32. The molecule has 0 aliphatic rings. The van der Waals surface area contributed by atoms with Crippen LogP contribution in [0.5, 0.6) is 5.75 Å². The number of pyridine rings is 1. The predicted octanol–water partition coefficient (Wildman–Crippen LogP) is 3.74. The number of aromatic nitrogens is 10. The number of ether oxygens (including phenoxy) is 1. The van der Waals surface area contributed by atoms with E-state index in [1.54, 1.807) is 35.1 Å². The number of fused-ring (bicyclic) bond motifs is 4. The van der Waals surface area contributed by atoms with Crippen molar-refractivity contribution in [3.8, 4) is 17.3 Å². The number of carbonyl (C=O) groups excluding carboxylic acids is 3. The zero-order chi connectivity index (χ0) is 40.4. The average molecular weight is 773 g/mol. The van der Waals surface area contributed by atoms with Crippen LogP contribution in [0.2, 0.25) is 0 Å². The van der Waals surface area contributed by atoms with E-state index >= 15 is 0 Å². The summed E-state index contributed by atoms with van der Waals surface area (Å²) in [6.07, 6.45) is 7.76. The lowest BCUT2D eigenvalue weighted by atomic mass is 10.1. The quantitative estimate of drug-likeness (QED) is 0.0816. The maximum Gasteiger partial charge on any atom is 0.276 e. The van der Waals surface area contributed by atoms with Crippen LogP contribution in [0.15, 0.2) is 54.9 Å². The number of primary amides is 2. The van der Waals surface area contributed by atoms with Gasteiger partial charge in [0.15, 0.2) is 5.82 Å². The molecule has 3 amide bonds. The van der Waals surface area contributed by atoms with Crippen LogP contribution in [0.3, 0.4) is 0 Å². The average Bonchev–Trinajstić information content (AvgIpc) is 3.95. The second-order valence-electron chi connectivity index (χ2n) is 13.5. The second-order valence-corrected chi connectivity index (χ2v) is 13.5. The molecule has 0 fully saturated rings. The van der Waals surface area contributed by atoms with Crippen LogP contribution >= 0.6 is 0 Å². The molecule has 0 saturated carbocycles. The molecule has 18 heteroatoms. The van der Waals surface area contributed by atoms with Crippen molar-refractivity contribution in [2.75, 3.05) is 25.5 Å². The summed E-state index contributed by atoms with van der Waals surface area (Å²) in [6, 6.07) is 8.54. The van der Waals surface area contributed by atoms with Gasteiger partial charge in [-0.1, -0.05) is 12.2 Å². The number of imidazole rings is 1. The van der Waals surface area contributed by atoms with E-state index in [2.05, 4.69) is 30.8 Å². The largest absolute Gasteiger partial charge is 0.491 e. The number of aryl methyl sites for hydroxylation is 4. The molecule has 0 aliphatic carbocycles. The van der Waals surface area contributed by atoms with Crippen molar-refractivity contribution in [2.45, 2.75) is 60.3 Å². The van der Waals surface area contributed by atoms with Crippen LogP contribution in [-0.2, 0) is 26.2 Å². The van der Waals surface area contributed by atoms with Crippen LogP contribution in [-0.4, -0.2) is 86.6 Å². The smallest absolute Gasteiger partial charge is 0.276 e. The summed E-state index contributed by atoms with van der Waals surface area (Å²) in [6.45, 7) is 10.4. The highest BCUT2D eigenvalue weighted by atomic mass is 16.5. The number of rotatable bonds is 16. The summed E-state index contributed by atoms with van der Waals surface area (Å²) in [5.41, 5.74) is 16.7. The number of benzene rings is 1. The van der Waals surface area contributed by atoms with Crippen LogP contribution in [0.4, 0.5) is 5.95 Å². The van der Waals surface area contributed by atoms with Gasteiger partial charge in [0.25, 0.3) is 5.91 Å². The van der Waals surface area contributed by atoms with Gasteiger partial charge in [-0.15, -0.1) is 0 Å². The minimum atomic E-state index is -0.636. The number of hydrogen-bond donors (Lipinski definition) is 4. The van der Waals surface area contributed by atoms with E-state index < -0.39 is 17.7 Å². The lowest BCUT2D eigenvalue weighted by Crippen LogP contribution is -2.20. The summed E-state index contributed by atoms with van der Waals surface area (Å²) in [5.74, 6) is -0.496. The summed E-state index contributed by atoms with van der Waals surface area (Å²) in [7, 11) is 1.86. The fourth-order valence-corrected chi connectivity index (χ4v) is 6.82. The van der Waals surface area contributed by atoms with Gasteiger partial charge in [0.1, 0.15) is 33.9 Å². The minimum Gasteiger partial charge on any atom is -0.491 e. The first kappa shape index (κ1) is 38.3. The number of nitrogens with two attached hydrogens (primary N) is 2. The number of amides is 3. The Morgan fingerprint density at radius 2 is 1.53 bits per heavy atom. The zero-order valence-corrected chi connectivity index (χ0v) is 32.4. The third-order valence-corrected chi connectivity index (χ3v) is 9.47. The molecule has 0 unspecified atom stereocenters. The number of nitrogens with one attached hydrogen (secondary N) is 2. The van der Waals surface area contributed by atoms with E-state index in [1.807, 2.05) is 66.8 Å². The molecule has 294 valence electrons. The first-order valence-corrected chi connectivity index (χ1v) is 18.6. The van der Waals surface area contributed by atoms with Crippen molar-refractivity contribution in [3.63, 3.8) is 0 Å².